The zero-order chi connectivity index (χ0) is 30.1. The van der Waals surface area contributed by atoms with Crippen LogP contribution < -0.4 is 15.0 Å². The second-order valence-corrected chi connectivity index (χ2v) is 11.1. The van der Waals surface area contributed by atoms with Crippen molar-refractivity contribution in [2.75, 3.05) is 18.0 Å². The third-order valence-electron chi connectivity index (χ3n) is 8.46. The van der Waals surface area contributed by atoms with Gasteiger partial charge < -0.3 is 14.5 Å². The number of amides is 3. The van der Waals surface area contributed by atoms with Crippen molar-refractivity contribution < 1.29 is 28.3 Å². The number of benzene rings is 3. The molecule has 218 valence electrons. The first-order chi connectivity index (χ1) is 20.8. The van der Waals surface area contributed by atoms with Crippen molar-refractivity contribution in [2.24, 2.45) is 5.92 Å². The standard InChI is InChI=1S/C33H29FN4O5/c34-26-16-21(17-35)6-9-27(26)37-14-12-23(13-15-37)31(40)22-7-4-20(5-8-22)19-43-29-3-1-2-24-25(29)18-38(33(24)42)28-10-11-30(39)36-32(28)41/h1-9,16,23,28H,10-15,18-19H2,(H,36,39,41)/t28-/m0/s1. The van der Waals surface area contributed by atoms with Crippen LogP contribution in [-0.2, 0) is 22.7 Å². The fourth-order valence-corrected chi connectivity index (χ4v) is 6.07. The van der Waals surface area contributed by atoms with Gasteiger partial charge in [-0.05, 0) is 55.2 Å². The second kappa shape index (κ2) is 11.7. The molecule has 1 N–H and O–H groups in total. The molecule has 0 aliphatic carbocycles. The topological polar surface area (TPSA) is 120 Å². The number of fused-ring (bicyclic) bond motifs is 1. The van der Waals surface area contributed by atoms with Crippen LogP contribution in [0.2, 0.25) is 0 Å². The molecular formula is C33H29FN4O5. The number of piperidine rings is 2. The van der Waals surface area contributed by atoms with Crippen LogP contribution in [0.4, 0.5) is 10.1 Å². The number of anilines is 1. The summed E-state index contributed by atoms with van der Waals surface area (Å²) < 4.78 is 20.5. The van der Waals surface area contributed by atoms with E-state index < -0.39 is 17.8 Å². The van der Waals surface area contributed by atoms with Crippen LogP contribution in [0, 0.1) is 23.1 Å². The SMILES string of the molecule is N#Cc1ccc(N2CCC(C(=O)c3ccc(COc4cccc5c4CN([C@H]4CCC(=O)NC4=O)C5=O)cc3)CC2)c(F)c1. The van der Waals surface area contributed by atoms with Gasteiger partial charge >= 0.3 is 0 Å². The predicted molar refractivity (Wildman–Crippen MR) is 154 cm³/mol. The lowest BCUT2D eigenvalue weighted by atomic mass is 9.88. The van der Waals surface area contributed by atoms with E-state index in [0.717, 1.165) is 5.56 Å². The summed E-state index contributed by atoms with van der Waals surface area (Å²) in [5.74, 6) is -1.03. The predicted octanol–water partition coefficient (Wildman–Crippen LogP) is 4.14. The number of carbonyl (C=O) groups is 4. The lowest BCUT2D eigenvalue weighted by Gasteiger charge is -2.33. The van der Waals surface area contributed by atoms with E-state index in [9.17, 15) is 23.6 Å². The van der Waals surface area contributed by atoms with E-state index in [-0.39, 0.29) is 48.7 Å². The Kier molecular flexibility index (Phi) is 7.63. The number of imide groups is 1. The minimum Gasteiger partial charge on any atom is -0.489 e. The quantitative estimate of drug-likeness (QED) is 0.330. The summed E-state index contributed by atoms with van der Waals surface area (Å²) in [6, 6.07) is 18.2. The molecule has 3 aromatic carbocycles. The van der Waals surface area contributed by atoms with Gasteiger partial charge in [-0.1, -0.05) is 30.3 Å². The number of halogens is 1. The Morgan fingerprint density at radius 1 is 1.02 bits per heavy atom. The summed E-state index contributed by atoms with van der Waals surface area (Å²) >= 11 is 0. The van der Waals surface area contributed by atoms with Crippen molar-refractivity contribution in [3.63, 3.8) is 0 Å². The molecule has 0 unspecified atom stereocenters. The number of ketones is 1. The molecule has 3 aliphatic rings. The average molecular weight is 581 g/mol. The number of nitrogens with zero attached hydrogens (tertiary/aromatic N) is 3. The number of rotatable bonds is 7. The first-order valence-corrected chi connectivity index (χ1v) is 14.3. The molecule has 3 heterocycles. The molecule has 9 nitrogen and oxygen atoms in total. The third kappa shape index (κ3) is 5.58. The molecule has 2 fully saturated rings. The lowest BCUT2D eigenvalue weighted by Crippen LogP contribution is -2.52. The molecule has 1 atom stereocenters. The summed E-state index contributed by atoms with van der Waals surface area (Å²) in [7, 11) is 0. The van der Waals surface area contributed by atoms with E-state index in [0.29, 0.717) is 60.5 Å². The van der Waals surface area contributed by atoms with Crippen molar-refractivity contribution >= 4 is 29.2 Å². The Balaban J connectivity index is 1.05. The Morgan fingerprint density at radius 2 is 1.79 bits per heavy atom. The maximum Gasteiger partial charge on any atom is 0.255 e. The highest BCUT2D eigenvalue weighted by molar-refractivity contribution is 6.05. The van der Waals surface area contributed by atoms with E-state index in [1.165, 1.54) is 11.0 Å². The maximum atomic E-state index is 14.4. The number of carbonyl (C=O) groups excluding carboxylic acids is 4. The highest BCUT2D eigenvalue weighted by atomic mass is 19.1. The molecule has 3 aromatic rings. The van der Waals surface area contributed by atoms with Crippen molar-refractivity contribution in [3.05, 3.63) is 94.3 Å². The smallest absolute Gasteiger partial charge is 0.255 e. The van der Waals surface area contributed by atoms with Crippen LogP contribution in [0.15, 0.2) is 60.7 Å². The molecule has 0 spiro atoms. The van der Waals surface area contributed by atoms with Crippen LogP contribution in [0.25, 0.3) is 0 Å². The number of ether oxygens (including phenoxy) is 1. The largest absolute Gasteiger partial charge is 0.489 e. The number of nitrogens with one attached hydrogen (secondary N) is 1. The van der Waals surface area contributed by atoms with Crippen molar-refractivity contribution in [1.29, 1.82) is 5.26 Å². The molecular weight excluding hydrogens is 551 g/mol. The van der Waals surface area contributed by atoms with Gasteiger partial charge in [0.05, 0.1) is 23.9 Å². The van der Waals surface area contributed by atoms with Crippen molar-refractivity contribution in [3.8, 4) is 11.8 Å². The van der Waals surface area contributed by atoms with Gasteiger partial charge in [0.2, 0.25) is 11.8 Å². The molecule has 0 aromatic heterocycles. The van der Waals surface area contributed by atoms with Gasteiger partial charge in [0.25, 0.3) is 5.91 Å². The number of hydrogen-bond donors (Lipinski definition) is 1. The molecule has 0 saturated carbocycles. The first-order valence-electron chi connectivity index (χ1n) is 14.3. The summed E-state index contributed by atoms with van der Waals surface area (Å²) in [6.45, 7) is 1.55. The van der Waals surface area contributed by atoms with E-state index in [2.05, 4.69) is 5.32 Å². The molecule has 6 rings (SSSR count). The fraction of sp³-hybridized carbons (Fsp3) is 0.303. The normalized spacial score (nSPS) is 18.7. The fourth-order valence-electron chi connectivity index (χ4n) is 6.07. The van der Waals surface area contributed by atoms with E-state index in [4.69, 9.17) is 10.00 Å². The molecule has 10 heteroatoms. The maximum absolute atomic E-state index is 14.4. The van der Waals surface area contributed by atoms with Crippen molar-refractivity contribution in [2.45, 2.75) is 44.9 Å². The van der Waals surface area contributed by atoms with Crippen LogP contribution in [0.5, 0.6) is 5.75 Å². The zero-order valence-electron chi connectivity index (χ0n) is 23.3. The molecule has 2 saturated heterocycles. The van der Waals surface area contributed by atoms with Gasteiger partial charge in [-0.2, -0.15) is 5.26 Å². The minimum atomic E-state index is -0.695. The highest BCUT2D eigenvalue weighted by Crippen LogP contribution is 2.34. The summed E-state index contributed by atoms with van der Waals surface area (Å²) in [5, 5.41) is 11.3. The summed E-state index contributed by atoms with van der Waals surface area (Å²) in [6.07, 6.45) is 1.70. The van der Waals surface area contributed by atoms with Gasteiger partial charge in [0.15, 0.2) is 5.78 Å². The van der Waals surface area contributed by atoms with E-state index >= 15 is 0 Å². The molecule has 0 bridgehead atoms. The number of nitriles is 1. The molecule has 3 aliphatic heterocycles. The monoisotopic (exact) mass is 580 g/mol. The summed E-state index contributed by atoms with van der Waals surface area (Å²) in [5.41, 5.74) is 3.38. The molecule has 3 amide bonds. The second-order valence-electron chi connectivity index (χ2n) is 11.1. The molecule has 0 radical (unpaired) electrons. The van der Waals surface area contributed by atoms with E-state index in [1.54, 1.807) is 42.5 Å². The van der Waals surface area contributed by atoms with Gasteiger partial charge in [0, 0.05) is 42.1 Å². The minimum absolute atomic E-state index is 0.0559. The van der Waals surface area contributed by atoms with E-state index in [1.807, 2.05) is 23.1 Å². The molecule has 43 heavy (non-hydrogen) atoms. The van der Waals surface area contributed by atoms with Gasteiger partial charge in [-0.15, -0.1) is 0 Å². The lowest BCUT2D eigenvalue weighted by molar-refractivity contribution is -0.136. The van der Waals surface area contributed by atoms with Crippen LogP contribution in [-0.4, -0.2) is 47.5 Å². The Labute approximate surface area is 247 Å². The van der Waals surface area contributed by atoms with Crippen molar-refractivity contribution in [1.82, 2.24) is 10.2 Å². The Hall–Kier alpha value is -5.04. The van der Waals surface area contributed by atoms with Crippen LogP contribution >= 0.6 is 0 Å². The zero-order valence-corrected chi connectivity index (χ0v) is 23.3. The van der Waals surface area contributed by atoms with Gasteiger partial charge in [-0.25, -0.2) is 4.39 Å². The Morgan fingerprint density at radius 3 is 2.49 bits per heavy atom. The van der Waals surface area contributed by atoms with Gasteiger partial charge in [-0.3, -0.25) is 24.5 Å². The van der Waals surface area contributed by atoms with Crippen LogP contribution in [0.1, 0.15) is 63.1 Å². The number of hydrogen-bond acceptors (Lipinski definition) is 7. The summed E-state index contributed by atoms with van der Waals surface area (Å²) in [4.78, 5) is 53.6. The number of Topliss-reactive ketones (excluding diaryl/α,β-unsaturated/α-hetero) is 1. The first kappa shape index (κ1) is 28.1. The van der Waals surface area contributed by atoms with Gasteiger partial charge in [0.1, 0.15) is 24.2 Å². The van der Waals surface area contributed by atoms with Crippen LogP contribution in [0.3, 0.4) is 0 Å². The Bertz CT molecular complexity index is 1660. The average Bonchev–Trinajstić information content (AvgIpc) is 3.36. The highest BCUT2D eigenvalue weighted by Gasteiger charge is 2.40. The third-order valence-corrected chi connectivity index (χ3v) is 8.46.